The molecule has 0 aliphatic carbocycles. The van der Waals surface area contributed by atoms with Gasteiger partial charge in [-0.1, -0.05) is 6.07 Å². The van der Waals surface area contributed by atoms with Crippen LogP contribution in [0.2, 0.25) is 0 Å². The number of aliphatic hydroxyl groups is 2. The van der Waals surface area contributed by atoms with E-state index in [1.54, 1.807) is 0 Å². The Kier molecular flexibility index (Phi) is 3.04. The number of hydrogen-bond donors (Lipinski definition) is 2. The second kappa shape index (κ2) is 4.56. The zero-order valence-electron chi connectivity index (χ0n) is 10.8. The third-order valence-corrected chi connectivity index (χ3v) is 4.50. The molecule has 1 aromatic carbocycles. The van der Waals surface area contributed by atoms with Crippen molar-refractivity contribution in [3.8, 4) is 0 Å². The molecule has 0 saturated carbocycles. The van der Waals surface area contributed by atoms with Gasteiger partial charge in [0, 0.05) is 17.8 Å². The summed E-state index contributed by atoms with van der Waals surface area (Å²) in [5.41, 5.74) is 3.41. The zero-order chi connectivity index (χ0) is 12.7. The Morgan fingerprint density at radius 1 is 1.22 bits per heavy atom. The molecule has 2 fully saturated rings. The average molecular weight is 247 g/mol. The molecule has 2 bridgehead atoms. The number of fused-ring (bicyclic) bond motifs is 2. The number of rotatable bonds is 2. The smallest absolute Gasteiger partial charge is 0.0684 e. The first-order valence-electron chi connectivity index (χ1n) is 6.86. The van der Waals surface area contributed by atoms with Gasteiger partial charge in [0.2, 0.25) is 0 Å². The highest BCUT2D eigenvalue weighted by atomic mass is 16.3. The number of aryl methyl sites for hydroxylation is 1. The summed E-state index contributed by atoms with van der Waals surface area (Å²) in [4.78, 5) is 2.49. The van der Waals surface area contributed by atoms with Crippen LogP contribution in [0.25, 0.3) is 0 Å². The van der Waals surface area contributed by atoms with Crippen molar-refractivity contribution in [2.75, 3.05) is 4.90 Å². The predicted molar refractivity (Wildman–Crippen MR) is 71.6 cm³/mol. The molecule has 1 aromatic rings. The van der Waals surface area contributed by atoms with Crippen LogP contribution in [0.5, 0.6) is 0 Å². The van der Waals surface area contributed by atoms with E-state index < -0.39 is 0 Å². The van der Waals surface area contributed by atoms with E-state index in [1.165, 1.54) is 18.5 Å². The Bertz CT molecular complexity index is 432. The van der Waals surface area contributed by atoms with E-state index in [9.17, 15) is 10.2 Å². The summed E-state index contributed by atoms with van der Waals surface area (Å²) >= 11 is 0. The van der Waals surface area contributed by atoms with Gasteiger partial charge >= 0.3 is 0 Å². The monoisotopic (exact) mass is 247 g/mol. The highest BCUT2D eigenvalue weighted by molar-refractivity contribution is 5.54. The summed E-state index contributed by atoms with van der Waals surface area (Å²) in [6, 6.07) is 7.31. The van der Waals surface area contributed by atoms with Gasteiger partial charge in [-0.2, -0.15) is 0 Å². The quantitative estimate of drug-likeness (QED) is 0.840. The van der Waals surface area contributed by atoms with Gasteiger partial charge in [0.1, 0.15) is 0 Å². The predicted octanol–water partition coefficient (Wildman–Crippen LogP) is 1.98. The Morgan fingerprint density at radius 2 is 1.89 bits per heavy atom. The molecule has 2 N–H and O–H groups in total. The molecule has 2 atom stereocenters. The van der Waals surface area contributed by atoms with Gasteiger partial charge in [-0.05, 0) is 55.9 Å². The second-order valence-electron chi connectivity index (χ2n) is 5.69. The van der Waals surface area contributed by atoms with Gasteiger partial charge in [-0.25, -0.2) is 0 Å². The lowest BCUT2D eigenvalue weighted by Gasteiger charge is -2.39. The molecule has 0 radical (unpaired) electrons. The molecule has 2 aliphatic rings. The van der Waals surface area contributed by atoms with Gasteiger partial charge in [0.15, 0.2) is 0 Å². The van der Waals surface area contributed by atoms with Crippen LogP contribution in [-0.4, -0.2) is 28.4 Å². The molecular formula is C15H21NO2. The van der Waals surface area contributed by atoms with Crippen LogP contribution >= 0.6 is 0 Å². The number of aliphatic hydroxyl groups excluding tert-OH is 2. The van der Waals surface area contributed by atoms with E-state index >= 15 is 0 Å². The molecule has 0 amide bonds. The summed E-state index contributed by atoms with van der Waals surface area (Å²) in [5, 5.41) is 19.1. The maximum Gasteiger partial charge on any atom is 0.0684 e. The second-order valence-corrected chi connectivity index (χ2v) is 5.69. The number of nitrogens with zero attached hydrogens (tertiary/aromatic N) is 1. The molecular weight excluding hydrogens is 226 g/mol. The lowest BCUT2D eigenvalue weighted by atomic mass is 9.98. The Hall–Kier alpha value is -1.06. The third-order valence-electron chi connectivity index (χ3n) is 4.50. The summed E-state index contributed by atoms with van der Waals surface area (Å²) in [6.45, 7) is 2.16. The third kappa shape index (κ3) is 1.91. The number of benzene rings is 1. The van der Waals surface area contributed by atoms with Gasteiger partial charge in [0.05, 0.1) is 12.7 Å². The van der Waals surface area contributed by atoms with Crippen molar-refractivity contribution in [1.29, 1.82) is 0 Å². The highest BCUT2D eigenvalue weighted by Crippen LogP contribution is 2.39. The van der Waals surface area contributed by atoms with Crippen LogP contribution in [0.15, 0.2) is 18.2 Å². The van der Waals surface area contributed by atoms with Crippen molar-refractivity contribution in [2.45, 2.75) is 57.4 Å². The fourth-order valence-corrected chi connectivity index (χ4v) is 3.59. The molecule has 2 unspecified atom stereocenters. The van der Waals surface area contributed by atoms with E-state index in [4.69, 9.17) is 0 Å². The van der Waals surface area contributed by atoms with Gasteiger partial charge in [-0.3, -0.25) is 0 Å². The fourth-order valence-electron chi connectivity index (χ4n) is 3.59. The SMILES string of the molecule is Cc1cc(N2C3CCC2CC(O)C3)ccc1CO. The minimum absolute atomic E-state index is 0.109. The van der Waals surface area contributed by atoms with Crippen molar-refractivity contribution >= 4 is 5.69 Å². The zero-order valence-corrected chi connectivity index (χ0v) is 10.8. The van der Waals surface area contributed by atoms with Crippen molar-refractivity contribution in [3.63, 3.8) is 0 Å². The molecule has 0 aromatic heterocycles. The van der Waals surface area contributed by atoms with Crippen molar-refractivity contribution in [3.05, 3.63) is 29.3 Å². The summed E-state index contributed by atoms with van der Waals surface area (Å²) in [7, 11) is 0. The Morgan fingerprint density at radius 3 is 2.44 bits per heavy atom. The number of piperidine rings is 1. The maximum atomic E-state index is 9.83. The lowest BCUT2D eigenvalue weighted by molar-refractivity contribution is 0.126. The molecule has 3 nitrogen and oxygen atoms in total. The van der Waals surface area contributed by atoms with Crippen LogP contribution in [0, 0.1) is 6.92 Å². The summed E-state index contributed by atoms with van der Waals surface area (Å²) < 4.78 is 0. The van der Waals surface area contributed by atoms with Gasteiger partial charge < -0.3 is 15.1 Å². The topological polar surface area (TPSA) is 43.7 Å². The van der Waals surface area contributed by atoms with Crippen molar-refractivity contribution in [1.82, 2.24) is 0 Å². The first-order chi connectivity index (χ1) is 8.69. The van der Waals surface area contributed by atoms with Crippen molar-refractivity contribution < 1.29 is 10.2 Å². The summed E-state index contributed by atoms with van der Waals surface area (Å²) in [5.74, 6) is 0. The van der Waals surface area contributed by atoms with Crippen molar-refractivity contribution in [2.24, 2.45) is 0 Å². The number of anilines is 1. The van der Waals surface area contributed by atoms with Crippen LogP contribution < -0.4 is 4.90 Å². The maximum absolute atomic E-state index is 9.83. The largest absolute Gasteiger partial charge is 0.393 e. The van der Waals surface area contributed by atoms with Crippen LogP contribution in [0.3, 0.4) is 0 Å². The van der Waals surface area contributed by atoms with Crippen LogP contribution in [0.4, 0.5) is 5.69 Å². The first-order valence-corrected chi connectivity index (χ1v) is 6.86. The van der Waals surface area contributed by atoms with E-state index in [1.807, 2.05) is 6.07 Å². The van der Waals surface area contributed by atoms with E-state index in [-0.39, 0.29) is 12.7 Å². The minimum Gasteiger partial charge on any atom is -0.393 e. The standard InChI is InChI=1S/C15H21NO2/c1-10-6-12(3-2-11(10)9-17)16-13-4-5-14(16)8-15(18)7-13/h2-3,6,13-15,17-18H,4-5,7-9H2,1H3. The van der Waals surface area contributed by atoms with Gasteiger partial charge in [0.25, 0.3) is 0 Å². The lowest BCUT2D eigenvalue weighted by Crippen LogP contribution is -2.44. The normalized spacial score (nSPS) is 30.8. The Labute approximate surface area is 108 Å². The average Bonchev–Trinajstić information content (AvgIpc) is 2.61. The molecule has 2 heterocycles. The van der Waals surface area contributed by atoms with Gasteiger partial charge in [-0.15, -0.1) is 0 Å². The van der Waals surface area contributed by atoms with E-state index in [2.05, 4.69) is 24.0 Å². The first kappa shape index (κ1) is 12.0. The molecule has 2 saturated heterocycles. The molecule has 2 aliphatic heterocycles. The number of hydrogen-bond acceptors (Lipinski definition) is 3. The fraction of sp³-hybridized carbons (Fsp3) is 0.600. The Balaban J connectivity index is 1.89. The highest BCUT2D eigenvalue weighted by Gasteiger charge is 2.40. The molecule has 98 valence electrons. The van der Waals surface area contributed by atoms with Crippen LogP contribution in [-0.2, 0) is 6.61 Å². The molecule has 18 heavy (non-hydrogen) atoms. The summed E-state index contributed by atoms with van der Waals surface area (Å²) in [6.07, 6.45) is 4.08. The molecule has 0 spiro atoms. The van der Waals surface area contributed by atoms with Crippen LogP contribution in [0.1, 0.15) is 36.8 Å². The molecule has 3 heteroatoms. The minimum atomic E-state index is -0.114. The van der Waals surface area contributed by atoms with E-state index in [0.29, 0.717) is 12.1 Å². The van der Waals surface area contributed by atoms with E-state index in [0.717, 1.165) is 24.0 Å². The molecule has 3 rings (SSSR count).